The van der Waals surface area contributed by atoms with Crippen LogP contribution in [0.3, 0.4) is 0 Å². The van der Waals surface area contributed by atoms with Crippen LogP contribution >= 0.6 is 0 Å². The topological polar surface area (TPSA) is 77.6 Å². The van der Waals surface area contributed by atoms with Crippen LogP contribution in [0.4, 0.5) is 16.3 Å². The average molecular weight is 291 g/mol. The quantitative estimate of drug-likeness (QED) is 0.808. The van der Waals surface area contributed by atoms with Crippen molar-refractivity contribution < 1.29 is 9.59 Å². The molecule has 0 spiro atoms. The zero-order valence-electron chi connectivity index (χ0n) is 12.4. The molecule has 1 aromatic rings. The number of rotatable bonds is 4. The average Bonchev–Trinajstić information content (AvgIpc) is 2.47. The normalized spacial score (nSPS) is 15.0. The molecule has 0 bridgehead atoms. The predicted octanol–water partition coefficient (Wildman–Crippen LogP) is 0.890. The van der Waals surface area contributed by atoms with E-state index in [1.54, 1.807) is 17.2 Å². The predicted molar refractivity (Wildman–Crippen MR) is 81.4 cm³/mol. The first-order valence-electron chi connectivity index (χ1n) is 7.06. The summed E-state index contributed by atoms with van der Waals surface area (Å²) in [5.41, 5.74) is 0.996. The molecule has 2 N–H and O–H groups in total. The second-order valence-electron chi connectivity index (χ2n) is 5.28. The largest absolute Gasteiger partial charge is 0.367 e. The summed E-state index contributed by atoms with van der Waals surface area (Å²) in [6.45, 7) is 6.83. The van der Waals surface area contributed by atoms with E-state index in [2.05, 4.69) is 20.5 Å². The van der Waals surface area contributed by atoms with E-state index in [0.29, 0.717) is 5.82 Å². The minimum Gasteiger partial charge on any atom is -0.367 e. The smallest absolute Gasteiger partial charge is 0.320 e. The molecule has 21 heavy (non-hydrogen) atoms. The first-order chi connectivity index (χ1) is 10.1. The number of amides is 3. The number of nitrogens with zero attached hydrogens (tertiary/aromatic N) is 3. The van der Waals surface area contributed by atoms with Crippen molar-refractivity contribution in [2.45, 2.75) is 19.9 Å². The Morgan fingerprint density at radius 1 is 1.29 bits per heavy atom. The number of aromatic nitrogens is 1. The summed E-state index contributed by atoms with van der Waals surface area (Å²) < 4.78 is 0. The third kappa shape index (κ3) is 4.34. The van der Waals surface area contributed by atoms with Gasteiger partial charge in [0.05, 0.1) is 11.9 Å². The zero-order valence-corrected chi connectivity index (χ0v) is 12.4. The molecular formula is C14H21N5O2. The van der Waals surface area contributed by atoms with Gasteiger partial charge in [0.15, 0.2) is 0 Å². The third-order valence-electron chi connectivity index (χ3n) is 3.24. The van der Waals surface area contributed by atoms with Gasteiger partial charge in [-0.25, -0.2) is 9.78 Å². The lowest BCUT2D eigenvalue weighted by Gasteiger charge is -2.33. The van der Waals surface area contributed by atoms with E-state index in [4.69, 9.17) is 0 Å². The van der Waals surface area contributed by atoms with Gasteiger partial charge in [-0.15, -0.1) is 0 Å². The number of hydrogen-bond donors (Lipinski definition) is 2. The molecule has 1 saturated heterocycles. The number of carbonyl (C=O) groups excluding carboxylic acids is 2. The number of piperazine rings is 1. The zero-order chi connectivity index (χ0) is 15.2. The van der Waals surface area contributed by atoms with E-state index in [1.807, 2.05) is 19.9 Å². The van der Waals surface area contributed by atoms with Crippen molar-refractivity contribution in [3.05, 3.63) is 18.3 Å². The van der Waals surface area contributed by atoms with Gasteiger partial charge < -0.3 is 15.1 Å². The van der Waals surface area contributed by atoms with Gasteiger partial charge >= 0.3 is 6.03 Å². The van der Waals surface area contributed by atoms with Gasteiger partial charge in [-0.3, -0.25) is 10.1 Å². The van der Waals surface area contributed by atoms with Crippen molar-refractivity contribution in [2.75, 3.05) is 36.4 Å². The summed E-state index contributed by atoms with van der Waals surface area (Å²) in [5.74, 6) is 0.517. The van der Waals surface area contributed by atoms with Crippen LogP contribution < -0.4 is 15.5 Å². The molecule has 0 atom stereocenters. The van der Waals surface area contributed by atoms with Gasteiger partial charge in [-0.05, 0) is 26.0 Å². The van der Waals surface area contributed by atoms with Crippen molar-refractivity contribution in [3.8, 4) is 0 Å². The molecule has 0 saturated carbocycles. The number of nitrogens with one attached hydrogen (secondary N) is 2. The number of urea groups is 1. The molecule has 3 amide bonds. The lowest BCUT2D eigenvalue weighted by atomic mass is 10.3. The molecule has 1 fully saturated rings. The van der Waals surface area contributed by atoms with E-state index < -0.39 is 0 Å². The van der Waals surface area contributed by atoms with Gasteiger partial charge in [-0.2, -0.15) is 0 Å². The van der Waals surface area contributed by atoms with E-state index in [0.717, 1.165) is 38.3 Å². The highest BCUT2D eigenvalue weighted by Crippen LogP contribution is 2.16. The highest BCUT2D eigenvalue weighted by molar-refractivity contribution is 5.88. The van der Waals surface area contributed by atoms with Crippen LogP contribution in [0.1, 0.15) is 13.8 Å². The fraction of sp³-hybridized carbons (Fsp3) is 0.500. The second-order valence-corrected chi connectivity index (χ2v) is 5.28. The van der Waals surface area contributed by atoms with Crippen molar-refractivity contribution in [3.63, 3.8) is 0 Å². The van der Waals surface area contributed by atoms with Crippen LogP contribution in [0.2, 0.25) is 0 Å². The Labute approximate surface area is 124 Å². The van der Waals surface area contributed by atoms with Gasteiger partial charge in [0, 0.05) is 32.2 Å². The third-order valence-corrected chi connectivity index (χ3v) is 3.24. The second kappa shape index (κ2) is 6.92. The van der Waals surface area contributed by atoms with Crippen molar-refractivity contribution in [1.82, 2.24) is 15.2 Å². The van der Waals surface area contributed by atoms with Crippen molar-refractivity contribution in [2.24, 2.45) is 0 Å². The van der Waals surface area contributed by atoms with Crippen molar-refractivity contribution >= 4 is 23.9 Å². The molecule has 1 aromatic heterocycles. The lowest BCUT2D eigenvalue weighted by molar-refractivity contribution is -0.118. The minimum atomic E-state index is -0.259. The maximum atomic E-state index is 11.6. The van der Waals surface area contributed by atoms with Crippen molar-refractivity contribution in [1.29, 1.82) is 0 Å². The van der Waals surface area contributed by atoms with Crippen LogP contribution in [0.25, 0.3) is 0 Å². The van der Waals surface area contributed by atoms with Crippen LogP contribution in [0, 0.1) is 0 Å². The monoisotopic (exact) mass is 291 g/mol. The van der Waals surface area contributed by atoms with Gasteiger partial charge in [0.1, 0.15) is 5.82 Å². The van der Waals surface area contributed by atoms with E-state index in [9.17, 15) is 9.59 Å². The molecule has 114 valence electrons. The molecular weight excluding hydrogens is 270 g/mol. The van der Waals surface area contributed by atoms with Gasteiger partial charge in [0.25, 0.3) is 0 Å². The summed E-state index contributed by atoms with van der Waals surface area (Å²) >= 11 is 0. The van der Waals surface area contributed by atoms with E-state index in [1.165, 1.54) is 0 Å². The van der Waals surface area contributed by atoms with E-state index >= 15 is 0 Å². The molecule has 7 heteroatoms. The minimum absolute atomic E-state index is 0.0818. The standard InChI is InChI=1S/C14H21N5O2/c1-11(2)16-14(21)17-13-4-3-12(9-15-13)19-7-5-18(10-20)6-8-19/h3-4,9-11H,5-8H2,1-2H3,(H2,15,16,17,21). The summed E-state index contributed by atoms with van der Waals surface area (Å²) in [4.78, 5) is 30.4. The molecule has 2 heterocycles. The summed E-state index contributed by atoms with van der Waals surface area (Å²) in [6, 6.07) is 3.53. The maximum Gasteiger partial charge on any atom is 0.320 e. The van der Waals surface area contributed by atoms with Gasteiger partial charge in [-0.1, -0.05) is 0 Å². The molecule has 1 aliphatic rings. The molecule has 0 aliphatic carbocycles. The van der Waals surface area contributed by atoms with E-state index in [-0.39, 0.29) is 12.1 Å². The number of pyridine rings is 1. The maximum absolute atomic E-state index is 11.6. The Balaban J connectivity index is 1.90. The Morgan fingerprint density at radius 2 is 2.00 bits per heavy atom. The summed E-state index contributed by atoms with van der Waals surface area (Å²) in [7, 11) is 0. The fourth-order valence-electron chi connectivity index (χ4n) is 2.15. The lowest BCUT2D eigenvalue weighted by Crippen LogP contribution is -2.45. The van der Waals surface area contributed by atoms with Crippen LogP contribution in [-0.2, 0) is 4.79 Å². The van der Waals surface area contributed by atoms with Crippen LogP contribution in [0.15, 0.2) is 18.3 Å². The number of carbonyl (C=O) groups is 2. The highest BCUT2D eigenvalue weighted by Gasteiger charge is 2.16. The Hall–Kier alpha value is -2.31. The number of anilines is 2. The Kier molecular flexibility index (Phi) is 4.97. The molecule has 0 radical (unpaired) electrons. The molecule has 2 rings (SSSR count). The van der Waals surface area contributed by atoms with Gasteiger partial charge in [0.2, 0.25) is 6.41 Å². The summed E-state index contributed by atoms with van der Waals surface area (Å²) in [5, 5.41) is 5.43. The SMILES string of the molecule is CC(C)NC(=O)Nc1ccc(N2CCN(C=O)CC2)cn1. The molecule has 7 nitrogen and oxygen atoms in total. The summed E-state index contributed by atoms with van der Waals surface area (Å²) in [6.07, 6.45) is 2.62. The fourth-order valence-corrected chi connectivity index (χ4v) is 2.15. The first-order valence-corrected chi connectivity index (χ1v) is 7.06. The Bertz CT molecular complexity index is 481. The molecule has 0 unspecified atom stereocenters. The Morgan fingerprint density at radius 3 is 2.52 bits per heavy atom. The molecule has 1 aliphatic heterocycles. The van der Waals surface area contributed by atoms with Crippen LogP contribution in [0.5, 0.6) is 0 Å². The molecule has 0 aromatic carbocycles. The van der Waals surface area contributed by atoms with Crippen LogP contribution in [-0.4, -0.2) is 54.5 Å². The highest BCUT2D eigenvalue weighted by atomic mass is 16.2. The number of hydrogen-bond acceptors (Lipinski definition) is 4. The first kappa shape index (κ1) is 15.1.